The van der Waals surface area contributed by atoms with Crippen LogP contribution < -0.4 is 5.32 Å². The summed E-state index contributed by atoms with van der Waals surface area (Å²) in [5.74, 6) is 5.76. The molecule has 32 heavy (non-hydrogen) atoms. The van der Waals surface area contributed by atoms with E-state index >= 15 is 0 Å². The summed E-state index contributed by atoms with van der Waals surface area (Å²) in [5, 5.41) is 13.7. The molecule has 0 fully saturated rings. The summed E-state index contributed by atoms with van der Waals surface area (Å²) in [4.78, 5) is 22.4. The molecule has 0 radical (unpaired) electrons. The van der Waals surface area contributed by atoms with E-state index in [0.717, 1.165) is 11.1 Å². The van der Waals surface area contributed by atoms with Crippen LogP contribution in [-0.4, -0.2) is 24.2 Å². The van der Waals surface area contributed by atoms with E-state index in [1.54, 1.807) is 0 Å². The molecule has 4 rings (SSSR count). The number of rotatable bonds is 5. The van der Waals surface area contributed by atoms with Crippen molar-refractivity contribution in [1.82, 2.24) is 5.32 Å². The number of fused-ring (bicyclic) bond motifs is 3. The minimum Gasteiger partial charge on any atom is -0.449 e. The molecule has 6 nitrogen and oxygen atoms in total. The number of alkyl carbamates (subject to hydrolysis) is 1. The van der Waals surface area contributed by atoms with Crippen LogP contribution >= 0.6 is 11.6 Å². The van der Waals surface area contributed by atoms with Gasteiger partial charge in [0.25, 0.3) is 5.69 Å². The smallest absolute Gasteiger partial charge is 0.407 e. The van der Waals surface area contributed by atoms with Gasteiger partial charge >= 0.3 is 6.09 Å². The van der Waals surface area contributed by atoms with Crippen LogP contribution in [0.3, 0.4) is 0 Å². The first-order chi connectivity index (χ1) is 15.5. The van der Waals surface area contributed by atoms with Crippen molar-refractivity contribution in [3.8, 4) is 23.0 Å². The number of carbonyl (C=O) groups is 1. The standard InChI is InChI=1S/C25H19ClN2O4/c26-24-15-18(28(30)31)13-12-17(24)7-5-6-14-27-25(29)32-16-23-21-10-3-1-8-19(21)20-9-2-4-11-22(20)23/h1-4,8-13,15,23H,6,14,16H2,(H,27,29). The predicted molar refractivity (Wildman–Crippen MR) is 123 cm³/mol. The average molecular weight is 447 g/mol. The molecule has 3 aromatic rings. The van der Waals surface area contributed by atoms with Gasteiger partial charge < -0.3 is 10.1 Å². The number of non-ortho nitro benzene ring substituents is 1. The molecule has 160 valence electrons. The molecule has 1 aliphatic rings. The van der Waals surface area contributed by atoms with Crippen LogP contribution in [0.1, 0.15) is 29.0 Å². The molecular weight excluding hydrogens is 428 g/mol. The Balaban J connectivity index is 1.28. The zero-order valence-corrected chi connectivity index (χ0v) is 17.8. The Kier molecular flexibility index (Phi) is 6.39. The van der Waals surface area contributed by atoms with E-state index < -0.39 is 11.0 Å². The largest absolute Gasteiger partial charge is 0.449 e. The van der Waals surface area contributed by atoms with Gasteiger partial charge in [-0.3, -0.25) is 10.1 Å². The minimum absolute atomic E-state index is 0.0113. The van der Waals surface area contributed by atoms with Crippen LogP contribution in [0, 0.1) is 22.0 Å². The summed E-state index contributed by atoms with van der Waals surface area (Å²) in [7, 11) is 0. The third kappa shape index (κ3) is 4.58. The Morgan fingerprint density at radius 1 is 1.06 bits per heavy atom. The van der Waals surface area contributed by atoms with E-state index in [0.29, 0.717) is 18.5 Å². The van der Waals surface area contributed by atoms with Gasteiger partial charge in [-0.25, -0.2) is 4.79 Å². The molecule has 0 saturated heterocycles. The molecule has 0 aromatic heterocycles. The first kappa shape index (κ1) is 21.4. The Bertz CT molecular complexity index is 1200. The van der Waals surface area contributed by atoms with Gasteiger partial charge in [0.05, 0.1) is 9.95 Å². The zero-order valence-electron chi connectivity index (χ0n) is 17.0. The second kappa shape index (κ2) is 9.54. The van der Waals surface area contributed by atoms with Crippen LogP contribution in [0.15, 0.2) is 66.7 Å². The van der Waals surface area contributed by atoms with E-state index in [2.05, 4.69) is 41.4 Å². The van der Waals surface area contributed by atoms with Crippen molar-refractivity contribution in [3.63, 3.8) is 0 Å². The highest BCUT2D eigenvalue weighted by Gasteiger charge is 2.28. The van der Waals surface area contributed by atoms with Crippen molar-refractivity contribution in [2.75, 3.05) is 13.2 Å². The van der Waals surface area contributed by atoms with Gasteiger partial charge in [0, 0.05) is 36.6 Å². The van der Waals surface area contributed by atoms with Crippen molar-refractivity contribution in [2.45, 2.75) is 12.3 Å². The molecule has 1 amide bonds. The third-order valence-corrected chi connectivity index (χ3v) is 5.56. The second-order valence-electron chi connectivity index (χ2n) is 7.23. The lowest BCUT2D eigenvalue weighted by molar-refractivity contribution is -0.384. The molecule has 7 heteroatoms. The van der Waals surface area contributed by atoms with E-state index in [1.165, 1.54) is 29.3 Å². The predicted octanol–water partition coefficient (Wildman–Crippen LogP) is 5.53. The Morgan fingerprint density at radius 2 is 1.72 bits per heavy atom. The SMILES string of the molecule is O=C(NCCC#Cc1ccc([N+](=O)[O-])cc1Cl)OCC1c2ccccc2-c2ccccc21. The van der Waals surface area contributed by atoms with E-state index in [1.807, 2.05) is 24.3 Å². The number of carbonyl (C=O) groups excluding carboxylic acids is 1. The Morgan fingerprint density at radius 3 is 2.34 bits per heavy atom. The summed E-state index contributed by atoms with van der Waals surface area (Å²) < 4.78 is 5.48. The number of hydrogen-bond acceptors (Lipinski definition) is 4. The molecule has 0 saturated carbocycles. The molecule has 1 aliphatic carbocycles. The number of nitrogens with one attached hydrogen (secondary N) is 1. The van der Waals surface area contributed by atoms with Crippen molar-refractivity contribution in [1.29, 1.82) is 0 Å². The average Bonchev–Trinajstić information content (AvgIpc) is 3.12. The van der Waals surface area contributed by atoms with Gasteiger partial charge in [-0.05, 0) is 28.3 Å². The number of benzene rings is 3. The van der Waals surface area contributed by atoms with Crippen molar-refractivity contribution in [3.05, 3.63) is 98.6 Å². The Labute approximate surface area is 190 Å². The van der Waals surface area contributed by atoms with Crippen LogP contribution in [0.4, 0.5) is 10.5 Å². The van der Waals surface area contributed by atoms with Gasteiger partial charge in [-0.2, -0.15) is 0 Å². The fraction of sp³-hybridized carbons (Fsp3) is 0.160. The molecule has 0 bridgehead atoms. The van der Waals surface area contributed by atoms with Gasteiger partial charge in [0.1, 0.15) is 6.61 Å². The lowest BCUT2D eigenvalue weighted by Gasteiger charge is -2.14. The minimum atomic E-state index is -0.513. The molecule has 1 N–H and O–H groups in total. The van der Waals surface area contributed by atoms with E-state index in [4.69, 9.17) is 16.3 Å². The van der Waals surface area contributed by atoms with Gasteiger partial charge in [-0.1, -0.05) is 72.0 Å². The molecule has 0 atom stereocenters. The monoisotopic (exact) mass is 446 g/mol. The second-order valence-corrected chi connectivity index (χ2v) is 7.63. The number of halogens is 1. The topological polar surface area (TPSA) is 81.5 Å². The number of nitro groups is 1. The summed E-state index contributed by atoms with van der Waals surface area (Å²) in [6.07, 6.45) is -0.112. The third-order valence-electron chi connectivity index (χ3n) is 5.25. The van der Waals surface area contributed by atoms with Gasteiger partial charge in [-0.15, -0.1) is 0 Å². The first-order valence-electron chi connectivity index (χ1n) is 10.1. The van der Waals surface area contributed by atoms with Gasteiger partial charge in [0.15, 0.2) is 0 Å². The lowest BCUT2D eigenvalue weighted by Crippen LogP contribution is -2.26. The van der Waals surface area contributed by atoms with Crippen molar-refractivity contribution >= 4 is 23.4 Å². The number of ether oxygens (including phenoxy) is 1. The summed E-state index contributed by atoms with van der Waals surface area (Å²) in [6.45, 7) is 0.568. The van der Waals surface area contributed by atoms with Crippen LogP contribution in [0.5, 0.6) is 0 Å². The number of nitrogens with zero attached hydrogens (tertiary/aromatic N) is 1. The van der Waals surface area contributed by atoms with Crippen LogP contribution in [-0.2, 0) is 4.74 Å². The van der Waals surface area contributed by atoms with Crippen LogP contribution in [0.25, 0.3) is 11.1 Å². The molecule has 0 heterocycles. The fourth-order valence-electron chi connectivity index (χ4n) is 3.75. The maximum absolute atomic E-state index is 12.1. The fourth-order valence-corrected chi connectivity index (χ4v) is 3.98. The highest BCUT2D eigenvalue weighted by molar-refractivity contribution is 6.32. The number of hydrogen-bond donors (Lipinski definition) is 1. The molecular formula is C25H19ClN2O4. The Hall–Kier alpha value is -3.82. The highest BCUT2D eigenvalue weighted by Crippen LogP contribution is 2.44. The quantitative estimate of drug-likeness (QED) is 0.242. The first-order valence-corrected chi connectivity index (χ1v) is 10.4. The van der Waals surface area contributed by atoms with E-state index in [-0.39, 0.29) is 23.2 Å². The zero-order chi connectivity index (χ0) is 22.5. The highest BCUT2D eigenvalue weighted by atomic mass is 35.5. The normalized spacial score (nSPS) is 11.7. The summed E-state index contributed by atoms with van der Waals surface area (Å²) in [6, 6.07) is 20.4. The van der Waals surface area contributed by atoms with Gasteiger partial charge in [0.2, 0.25) is 0 Å². The van der Waals surface area contributed by atoms with Crippen LogP contribution in [0.2, 0.25) is 5.02 Å². The molecule has 0 spiro atoms. The molecule has 0 unspecified atom stereocenters. The molecule has 0 aliphatic heterocycles. The summed E-state index contributed by atoms with van der Waals surface area (Å²) >= 11 is 6.02. The number of nitro benzene ring substituents is 1. The maximum Gasteiger partial charge on any atom is 0.407 e. The van der Waals surface area contributed by atoms with Crippen molar-refractivity contribution in [2.24, 2.45) is 0 Å². The molecule has 3 aromatic carbocycles. The lowest BCUT2D eigenvalue weighted by atomic mass is 9.98. The van der Waals surface area contributed by atoms with Crippen molar-refractivity contribution < 1.29 is 14.5 Å². The summed E-state index contributed by atoms with van der Waals surface area (Å²) in [5.41, 5.74) is 5.09. The van der Waals surface area contributed by atoms with E-state index in [9.17, 15) is 14.9 Å². The number of amides is 1. The maximum atomic E-state index is 12.1.